The van der Waals surface area contributed by atoms with Crippen LogP contribution in [0.15, 0.2) is 89.3 Å². The van der Waals surface area contributed by atoms with E-state index >= 15 is 0 Å². The third-order valence-corrected chi connectivity index (χ3v) is 12.9. The summed E-state index contributed by atoms with van der Waals surface area (Å²) < 4.78 is 9.49. The summed E-state index contributed by atoms with van der Waals surface area (Å²) in [4.78, 5) is 0. The van der Waals surface area contributed by atoms with Crippen LogP contribution >= 0.6 is 11.3 Å². The Hall–Kier alpha value is -4.40. The minimum atomic E-state index is 0.932. The van der Waals surface area contributed by atoms with Gasteiger partial charge >= 0.3 is 0 Å². The predicted molar refractivity (Wildman–Crippen MR) is 238 cm³/mol. The van der Waals surface area contributed by atoms with E-state index in [-0.39, 0.29) is 0 Å². The SMILES string of the molecule is Bc1c(B)c(B)c2c(-c3cccc4c3sc3ccccc34)c3c(B)c(B)c(B)c(B)c3c(-c3cccc4c3oc3ccccc34)c2c1B. The molecule has 48 heavy (non-hydrogen) atoms. The van der Waals surface area contributed by atoms with Gasteiger partial charge in [-0.25, -0.2) is 0 Å². The van der Waals surface area contributed by atoms with Gasteiger partial charge in [0.25, 0.3) is 0 Å². The van der Waals surface area contributed by atoms with E-state index in [1.54, 1.807) is 0 Å². The molecule has 9 aromatic rings. The fraction of sp³-hybridized carbons (Fsp3) is 0. The van der Waals surface area contributed by atoms with Crippen LogP contribution in [-0.2, 0) is 0 Å². The summed E-state index contributed by atoms with van der Waals surface area (Å²) in [6.45, 7) is 0. The van der Waals surface area contributed by atoms with Gasteiger partial charge in [-0.2, -0.15) is 0 Å². The molecule has 2 aromatic heterocycles. The van der Waals surface area contributed by atoms with Gasteiger partial charge in [-0.15, -0.1) is 33.2 Å². The molecule has 0 aliphatic rings. The molecule has 0 atom stereocenters. The van der Waals surface area contributed by atoms with Crippen molar-refractivity contribution in [2.45, 2.75) is 0 Å². The van der Waals surface area contributed by atoms with Crippen LogP contribution in [0, 0.1) is 0 Å². The Balaban J connectivity index is 1.61. The quantitative estimate of drug-likeness (QED) is 0.156. The molecular formula is C38H30B8OS. The normalized spacial score (nSPS) is 12.0. The smallest absolute Gasteiger partial charge is 0.143 e. The number of thiophene rings is 1. The average molecular weight is 621 g/mol. The zero-order valence-electron chi connectivity index (χ0n) is 28.9. The van der Waals surface area contributed by atoms with Gasteiger partial charge in [-0.1, -0.05) is 94.6 Å². The van der Waals surface area contributed by atoms with Crippen molar-refractivity contribution in [3.63, 3.8) is 0 Å². The first-order chi connectivity index (χ1) is 23.2. The van der Waals surface area contributed by atoms with Gasteiger partial charge < -0.3 is 4.42 Å². The minimum Gasteiger partial charge on any atom is -0.455 e. The number of benzene rings is 7. The van der Waals surface area contributed by atoms with Crippen molar-refractivity contribution in [3.05, 3.63) is 84.9 Å². The third kappa shape index (κ3) is 3.84. The molecule has 2 heterocycles. The summed E-state index contributed by atoms with van der Waals surface area (Å²) in [5.41, 5.74) is 17.9. The monoisotopic (exact) mass is 622 g/mol. The first kappa shape index (κ1) is 29.7. The van der Waals surface area contributed by atoms with Gasteiger partial charge in [0.05, 0.1) is 0 Å². The number of furan rings is 1. The molecule has 0 N–H and O–H groups in total. The van der Waals surface area contributed by atoms with Crippen molar-refractivity contribution in [1.29, 1.82) is 0 Å². The Bertz CT molecular complexity index is 2610. The molecule has 0 saturated carbocycles. The third-order valence-electron chi connectivity index (χ3n) is 11.7. The fourth-order valence-electron chi connectivity index (χ4n) is 8.55. The Morgan fingerprint density at radius 3 is 1.46 bits per heavy atom. The highest BCUT2D eigenvalue weighted by Gasteiger charge is 2.27. The second kappa shape index (κ2) is 10.5. The molecule has 10 heteroatoms. The summed E-state index contributed by atoms with van der Waals surface area (Å²) in [6, 6.07) is 31.0. The predicted octanol–water partition coefficient (Wildman–Crippen LogP) is -2.34. The second-order valence-corrected chi connectivity index (χ2v) is 14.9. The van der Waals surface area contributed by atoms with E-state index in [1.807, 2.05) is 11.3 Å². The lowest BCUT2D eigenvalue weighted by molar-refractivity contribution is 0.670. The molecular weight excluding hydrogens is 591 g/mol. The molecule has 0 saturated heterocycles. The number of para-hydroxylation sites is 2. The molecule has 0 spiro atoms. The Morgan fingerprint density at radius 1 is 0.396 bits per heavy atom. The summed E-state index contributed by atoms with van der Waals surface area (Å²) in [6.07, 6.45) is 0. The number of fused-ring (bicyclic) bond motifs is 8. The van der Waals surface area contributed by atoms with Crippen molar-refractivity contribution in [3.8, 4) is 22.3 Å². The van der Waals surface area contributed by atoms with Gasteiger partial charge in [-0.05, 0) is 44.8 Å². The van der Waals surface area contributed by atoms with Crippen molar-refractivity contribution >= 4 is 181 Å². The van der Waals surface area contributed by atoms with Gasteiger partial charge in [0.1, 0.15) is 73.9 Å². The van der Waals surface area contributed by atoms with Crippen molar-refractivity contribution in [2.75, 3.05) is 0 Å². The van der Waals surface area contributed by atoms with E-state index < -0.39 is 0 Å². The summed E-state index contributed by atoms with van der Waals surface area (Å²) in [7, 11) is 18.6. The minimum absolute atomic E-state index is 0.932. The molecule has 0 radical (unpaired) electrons. The molecule has 218 valence electrons. The number of hydrogen-bond acceptors (Lipinski definition) is 2. The molecule has 0 fully saturated rings. The van der Waals surface area contributed by atoms with E-state index in [2.05, 4.69) is 148 Å². The lowest BCUT2D eigenvalue weighted by Crippen LogP contribution is -2.50. The van der Waals surface area contributed by atoms with Crippen LogP contribution < -0.4 is 43.7 Å². The highest BCUT2D eigenvalue weighted by atomic mass is 32.1. The van der Waals surface area contributed by atoms with Crippen molar-refractivity contribution < 1.29 is 4.42 Å². The first-order valence-corrected chi connectivity index (χ1v) is 17.8. The second-order valence-electron chi connectivity index (χ2n) is 13.8. The van der Waals surface area contributed by atoms with Crippen LogP contribution in [-0.4, -0.2) is 62.8 Å². The average Bonchev–Trinajstić information content (AvgIpc) is 3.69. The lowest BCUT2D eigenvalue weighted by Gasteiger charge is -2.28. The van der Waals surface area contributed by atoms with Gasteiger partial charge in [0, 0.05) is 42.1 Å². The van der Waals surface area contributed by atoms with Crippen LogP contribution in [0.5, 0.6) is 0 Å². The topological polar surface area (TPSA) is 13.1 Å². The zero-order valence-corrected chi connectivity index (χ0v) is 29.7. The molecule has 1 nitrogen and oxygen atoms in total. The maximum absolute atomic E-state index is 6.79. The van der Waals surface area contributed by atoms with E-state index in [1.165, 1.54) is 113 Å². The molecule has 7 aromatic carbocycles. The zero-order chi connectivity index (χ0) is 33.2. The van der Waals surface area contributed by atoms with Crippen LogP contribution in [0.4, 0.5) is 0 Å². The molecule has 0 aliphatic carbocycles. The molecule has 9 rings (SSSR count). The van der Waals surface area contributed by atoms with E-state index in [9.17, 15) is 0 Å². The van der Waals surface area contributed by atoms with E-state index in [0.717, 1.165) is 16.6 Å². The van der Waals surface area contributed by atoms with E-state index in [4.69, 9.17) is 4.42 Å². The molecule has 0 aliphatic heterocycles. The highest BCUT2D eigenvalue weighted by Crippen LogP contribution is 2.47. The van der Waals surface area contributed by atoms with Crippen molar-refractivity contribution in [1.82, 2.24) is 0 Å². The van der Waals surface area contributed by atoms with Gasteiger partial charge in [0.15, 0.2) is 0 Å². The molecule has 0 amide bonds. The number of rotatable bonds is 2. The summed E-state index contributed by atoms with van der Waals surface area (Å²) in [5, 5.41) is 10.4. The maximum atomic E-state index is 6.79. The van der Waals surface area contributed by atoms with Crippen molar-refractivity contribution in [2.24, 2.45) is 0 Å². The van der Waals surface area contributed by atoms with Gasteiger partial charge in [-0.3, -0.25) is 0 Å². The summed E-state index contributed by atoms with van der Waals surface area (Å²) in [5.74, 6) is 0. The lowest BCUT2D eigenvalue weighted by atomic mass is 9.59. The largest absolute Gasteiger partial charge is 0.455 e. The fourth-order valence-corrected chi connectivity index (χ4v) is 9.77. The Kier molecular flexibility index (Phi) is 6.53. The summed E-state index contributed by atoms with van der Waals surface area (Å²) >= 11 is 1.92. The number of hydrogen-bond donors (Lipinski definition) is 0. The standard InChI is InChI=1S/C38H30B8OS/c39-29-25-23(19-11-5-9-17-15-7-1-3-13-21(15)47-37(17)19)26-28(32(42)36(46)34(44)30(26)40)24(27(25)31(41)35(45)33(29)43)20-12-6-10-18-16-8-2-4-14-22(16)48-38(18)20/h1-14H,39-46H2. The van der Waals surface area contributed by atoms with Gasteiger partial charge in [0.2, 0.25) is 0 Å². The Labute approximate surface area is 291 Å². The van der Waals surface area contributed by atoms with E-state index in [0.29, 0.717) is 0 Å². The van der Waals surface area contributed by atoms with Crippen LogP contribution in [0.2, 0.25) is 0 Å². The Morgan fingerprint density at radius 2 is 0.854 bits per heavy atom. The first-order valence-electron chi connectivity index (χ1n) is 17.0. The maximum Gasteiger partial charge on any atom is 0.143 e. The molecule has 0 bridgehead atoms. The van der Waals surface area contributed by atoms with Crippen LogP contribution in [0.1, 0.15) is 0 Å². The molecule has 0 unspecified atom stereocenters. The highest BCUT2D eigenvalue weighted by molar-refractivity contribution is 7.26. The van der Waals surface area contributed by atoms with Crippen LogP contribution in [0.25, 0.3) is 85.9 Å². The van der Waals surface area contributed by atoms with Crippen LogP contribution in [0.3, 0.4) is 0 Å².